The number of amides is 1. The second kappa shape index (κ2) is 8.43. The highest BCUT2D eigenvalue weighted by atomic mass is 32.1. The van der Waals surface area contributed by atoms with Gasteiger partial charge in [-0.2, -0.15) is 0 Å². The van der Waals surface area contributed by atoms with Crippen molar-refractivity contribution in [3.05, 3.63) is 52.4 Å². The zero-order chi connectivity index (χ0) is 18.4. The molecule has 25 heavy (non-hydrogen) atoms. The summed E-state index contributed by atoms with van der Waals surface area (Å²) in [5, 5.41) is 11.7. The average Bonchev–Trinajstić information content (AvgIpc) is 3.03. The second-order valence-corrected chi connectivity index (χ2v) is 6.54. The van der Waals surface area contributed by atoms with Crippen molar-refractivity contribution in [2.45, 2.75) is 25.7 Å². The van der Waals surface area contributed by atoms with Crippen molar-refractivity contribution in [2.24, 2.45) is 0 Å². The van der Waals surface area contributed by atoms with Crippen molar-refractivity contribution in [1.29, 1.82) is 0 Å². The molecule has 2 aromatic rings. The molecule has 6 nitrogen and oxygen atoms in total. The molecule has 0 aliphatic heterocycles. The van der Waals surface area contributed by atoms with Crippen LogP contribution in [0.3, 0.4) is 0 Å². The Morgan fingerprint density at radius 3 is 2.48 bits per heavy atom. The van der Waals surface area contributed by atoms with E-state index in [4.69, 9.17) is 9.84 Å². The van der Waals surface area contributed by atoms with E-state index in [0.29, 0.717) is 5.00 Å². The van der Waals surface area contributed by atoms with Gasteiger partial charge in [-0.3, -0.25) is 9.59 Å². The van der Waals surface area contributed by atoms with Crippen molar-refractivity contribution in [3.63, 3.8) is 0 Å². The predicted molar refractivity (Wildman–Crippen MR) is 95.1 cm³/mol. The number of methoxy groups -OCH3 is 1. The van der Waals surface area contributed by atoms with Crippen LogP contribution in [0.15, 0.2) is 36.4 Å². The second-order valence-electron chi connectivity index (χ2n) is 5.46. The molecular weight excluding hydrogens is 342 g/mol. The number of anilines is 1. The van der Waals surface area contributed by atoms with E-state index >= 15 is 0 Å². The van der Waals surface area contributed by atoms with Crippen molar-refractivity contribution in [1.82, 2.24) is 0 Å². The lowest BCUT2D eigenvalue weighted by atomic mass is 9.99. The number of aliphatic carboxylic acids is 1. The molecule has 1 heterocycles. The number of carbonyl (C=O) groups is 3. The number of benzene rings is 1. The maximum atomic E-state index is 12.0. The molecule has 0 fully saturated rings. The Hall–Kier alpha value is -2.67. The summed E-state index contributed by atoms with van der Waals surface area (Å²) < 4.78 is 4.78. The van der Waals surface area contributed by atoms with E-state index in [9.17, 15) is 14.4 Å². The number of hydrogen-bond acceptors (Lipinski definition) is 5. The van der Waals surface area contributed by atoms with Gasteiger partial charge in [0, 0.05) is 17.2 Å². The SMILES string of the molecule is COC(=O)c1cc([C@@H](C)c2ccccc2)sc1NC(=O)CCC(=O)O. The van der Waals surface area contributed by atoms with Crippen molar-refractivity contribution in [2.75, 3.05) is 12.4 Å². The Morgan fingerprint density at radius 1 is 1.20 bits per heavy atom. The van der Waals surface area contributed by atoms with Gasteiger partial charge in [-0.1, -0.05) is 37.3 Å². The number of carbonyl (C=O) groups excluding carboxylic acids is 2. The molecular formula is C18H19NO5S. The molecule has 2 rings (SSSR count). The third kappa shape index (κ3) is 4.90. The van der Waals surface area contributed by atoms with E-state index in [1.54, 1.807) is 6.07 Å². The fourth-order valence-corrected chi connectivity index (χ4v) is 3.44. The minimum atomic E-state index is -1.05. The number of rotatable bonds is 7. The van der Waals surface area contributed by atoms with E-state index in [0.717, 1.165) is 10.4 Å². The van der Waals surface area contributed by atoms with Gasteiger partial charge in [-0.25, -0.2) is 4.79 Å². The van der Waals surface area contributed by atoms with Crippen LogP contribution in [0.5, 0.6) is 0 Å². The van der Waals surface area contributed by atoms with Gasteiger partial charge in [0.2, 0.25) is 5.91 Å². The summed E-state index contributed by atoms with van der Waals surface area (Å²) in [4.78, 5) is 35.4. The first-order valence-corrected chi connectivity index (χ1v) is 8.52. The fourth-order valence-electron chi connectivity index (χ4n) is 2.29. The van der Waals surface area contributed by atoms with Crippen LogP contribution in [-0.4, -0.2) is 30.1 Å². The van der Waals surface area contributed by atoms with Gasteiger partial charge in [0.05, 0.1) is 19.1 Å². The average molecular weight is 361 g/mol. The van der Waals surface area contributed by atoms with Gasteiger partial charge in [0.15, 0.2) is 0 Å². The summed E-state index contributed by atoms with van der Waals surface area (Å²) in [5.41, 5.74) is 1.36. The Balaban J connectivity index is 2.26. The van der Waals surface area contributed by atoms with Crippen LogP contribution in [-0.2, 0) is 14.3 Å². The normalized spacial score (nSPS) is 11.6. The van der Waals surface area contributed by atoms with Gasteiger partial charge < -0.3 is 15.2 Å². The Bertz CT molecular complexity index is 769. The molecule has 0 unspecified atom stereocenters. The zero-order valence-electron chi connectivity index (χ0n) is 13.9. The first-order chi connectivity index (χ1) is 11.9. The molecule has 0 saturated carbocycles. The van der Waals surface area contributed by atoms with Gasteiger partial charge in [0.1, 0.15) is 5.00 Å². The Labute approximate surface area is 149 Å². The molecule has 1 aromatic heterocycles. The largest absolute Gasteiger partial charge is 0.481 e. The molecule has 0 aliphatic rings. The molecule has 2 N–H and O–H groups in total. The van der Waals surface area contributed by atoms with Gasteiger partial charge >= 0.3 is 11.9 Å². The van der Waals surface area contributed by atoms with Crippen LogP contribution in [0.1, 0.15) is 46.5 Å². The number of carboxylic acids is 1. The molecule has 0 spiro atoms. The number of esters is 1. The highest BCUT2D eigenvalue weighted by molar-refractivity contribution is 7.16. The summed E-state index contributed by atoms with van der Waals surface area (Å²) in [6.07, 6.45) is -0.421. The number of thiophene rings is 1. The number of hydrogen-bond donors (Lipinski definition) is 2. The zero-order valence-corrected chi connectivity index (χ0v) is 14.8. The minimum absolute atomic E-state index is 0.0410. The molecule has 7 heteroatoms. The predicted octanol–water partition coefficient (Wildman–Crippen LogP) is 3.49. The van der Waals surface area contributed by atoms with Crippen LogP contribution in [0.2, 0.25) is 0 Å². The van der Waals surface area contributed by atoms with E-state index < -0.39 is 17.8 Å². The quantitative estimate of drug-likeness (QED) is 0.737. The van der Waals surface area contributed by atoms with Crippen LogP contribution in [0.25, 0.3) is 0 Å². The number of carboxylic acid groups (broad SMARTS) is 1. The number of nitrogens with one attached hydrogen (secondary N) is 1. The maximum Gasteiger partial charge on any atom is 0.340 e. The Kier molecular flexibility index (Phi) is 6.30. The van der Waals surface area contributed by atoms with Crippen molar-refractivity contribution >= 4 is 34.2 Å². The highest BCUT2D eigenvalue weighted by Gasteiger charge is 2.21. The minimum Gasteiger partial charge on any atom is -0.481 e. The summed E-state index contributed by atoms with van der Waals surface area (Å²) >= 11 is 1.29. The Morgan fingerprint density at radius 2 is 1.88 bits per heavy atom. The van der Waals surface area contributed by atoms with E-state index in [2.05, 4.69) is 5.32 Å². The molecule has 0 bridgehead atoms. The highest BCUT2D eigenvalue weighted by Crippen LogP contribution is 2.36. The lowest BCUT2D eigenvalue weighted by Crippen LogP contribution is -2.14. The van der Waals surface area contributed by atoms with Crippen LogP contribution in [0.4, 0.5) is 5.00 Å². The van der Waals surface area contributed by atoms with E-state index in [-0.39, 0.29) is 24.3 Å². The lowest BCUT2D eigenvalue weighted by molar-refractivity contribution is -0.138. The summed E-state index contributed by atoms with van der Waals surface area (Å²) in [6.45, 7) is 2.01. The molecule has 132 valence electrons. The molecule has 0 saturated heterocycles. The van der Waals surface area contributed by atoms with Crippen LogP contribution in [0, 0.1) is 0 Å². The third-order valence-electron chi connectivity index (χ3n) is 3.70. The summed E-state index contributed by atoms with van der Waals surface area (Å²) in [5.74, 6) is -2.00. The van der Waals surface area contributed by atoms with Gasteiger partial charge in [-0.05, 0) is 11.6 Å². The maximum absolute atomic E-state index is 12.0. The molecule has 1 amide bonds. The van der Waals surface area contributed by atoms with Gasteiger partial charge in [0.25, 0.3) is 0 Å². The summed E-state index contributed by atoms with van der Waals surface area (Å²) in [6, 6.07) is 11.5. The van der Waals surface area contributed by atoms with E-state index in [1.165, 1.54) is 18.4 Å². The lowest BCUT2D eigenvalue weighted by Gasteiger charge is -2.09. The summed E-state index contributed by atoms with van der Waals surface area (Å²) in [7, 11) is 1.27. The first-order valence-electron chi connectivity index (χ1n) is 7.71. The molecule has 0 aliphatic carbocycles. The van der Waals surface area contributed by atoms with E-state index in [1.807, 2.05) is 37.3 Å². The standard InChI is InChI=1S/C18H19NO5S/c1-11(12-6-4-3-5-7-12)14-10-13(18(23)24-2)17(25-14)19-15(20)8-9-16(21)22/h3-7,10-11H,8-9H2,1-2H3,(H,19,20)(H,21,22)/t11-/m0/s1. The number of ether oxygens (including phenoxy) is 1. The van der Waals surface area contributed by atoms with Crippen molar-refractivity contribution in [3.8, 4) is 0 Å². The monoisotopic (exact) mass is 361 g/mol. The smallest absolute Gasteiger partial charge is 0.340 e. The third-order valence-corrected chi connectivity index (χ3v) is 4.93. The van der Waals surface area contributed by atoms with Crippen molar-refractivity contribution < 1.29 is 24.2 Å². The fraction of sp³-hybridized carbons (Fsp3) is 0.278. The topological polar surface area (TPSA) is 92.7 Å². The van der Waals surface area contributed by atoms with Crippen LogP contribution < -0.4 is 5.32 Å². The molecule has 1 atom stereocenters. The molecule has 1 aromatic carbocycles. The van der Waals surface area contributed by atoms with Gasteiger partial charge in [-0.15, -0.1) is 11.3 Å². The molecule has 0 radical (unpaired) electrons. The van der Waals surface area contributed by atoms with Crippen LogP contribution >= 0.6 is 11.3 Å². The first kappa shape index (κ1) is 18.7.